The van der Waals surface area contributed by atoms with Crippen LogP contribution in [0, 0.1) is 34.0 Å². The summed E-state index contributed by atoms with van der Waals surface area (Å²) in [6, 6.07) is 0. The number of unbranched alkanes of at least 4 members (excludes halogenated alkanes) is 8. The van der Waals surface area contributed by atoms with Crippen molar-refractivity contribution in [2.75, 3.05) is 39.3 Å². The standard InChI is InChI=1S/C47H88N4O3/c1-7-13-17-22-39(23-18-14-8-2)28-43(53)49-37-46-31-41-30-45(33-46,36-48-42(52)26-21-27-51(11-5)12-6)34-47(32-41,35-46)38-50-44(54)29-40(24-19-15-9-3)25-20-16-10-4/h39-41H,7-38H2,1-6H3,(H,48,52)(H,49,53)(H,50,54). The van der Waals surface area contributed by atoms with E-state index in [1.807, 2.05) is 0 Å². The summed E-state index contributed by atoms with van der Waals surface area (Å²) < 4.78 is 0. The lowest BCUT2D eigenvalue weighted by Crippen LogP contribution is -2.64. The van der Waals surface area contributed by atoms with Crippen molar-refractivity contribution in [2.45, 2.75) is 208 Å². The van der Waals surface area contributed by atoms with Gasteiger partial charge in [-0.1, -0.05) is 119 Å². The number of carbonyl (C=O) groups is 3. The van der Waals surface area contributed by atoms with E-state index in [-0.39, 0.29) is 34.0 Å². The number of hydrogen-bond acceptors (Lipinski definition) is 4. The molecular formula is C47H88N4O3. The van der Waals surface area contributed by atoms with Crippen LogP contribution in [0.5, 0.6) is 0 Å². The van der Waals surface area contributed by atoms with E-state index in [0.717, 1.165) is 110 Å². The van der Waals surface area contributed by atoms with Gasteiger partial charge in [0.25, 0.3) is 0 Å². The van der Waals surface area contributed by atoms with E-state index in [0.29, 0.717) is 37.0 Å². The maximum Gasteiger partial charge on any atom is 0.220 e. The summed E-state index contributed by atoms with van der Waals surface area (Å²) >= 11 is 0. The highest BCUT2D eigenvalue weighted by molar-refractivity contribution is 5.77. The Bertz CT molecular complexity index is 997. The predicted octanol–water partition coefficient (Wildman–Crippen LogP) is 10.7. The molecule has 3 amide bonds. The Labute approximate surface area is 333 Å². The first-order valence-electron chi connectivity index (χ1n) is 23.6. The van der Waals surface area contributed by atoms with Crippen LogP contribution in [-0.2, 0) is 14.4 Å². The number of nitrogens with zero attached hydrogens (tertiary/aromatic N) is 1. The Balaban J connectivity index is 1.71. The van der Waals surface area contributed by atoms with Crippen molar-refractivity contribution in [1.29, 1.82) is 0 Å². The lowest BCUT2D eigenvalue weighted by molar-refractivity contribution is -0.160. The van der Waals surface area contributed by atoms with Crippen LogP contribution in [0.15, 0.2) is 0 Å². The van der Waals surface area contributed by atoms with Gasteiger partial charge in [0, 0.05) is 38.9 Å². The largest absolute Gasteiger partial charge is 0.356 e. The summed E-state index contributed by atoms with van der Waals surface area (Å²) in [7, 11) is 0. The van der Waals surface area contributed by atoms with Gasteiger partial charge < -0.3 is 20.9 Å². The van der Waals surface area contributed by atoms with Crippen LogP contribution in [0.2, 0.25) is 0 Å². The van der Waals surface area contributed by atoms with Gasteiger partial charge in [-0.3, -0.25) is 14.4 Å². The fourth-order valence-corrected chi connectivity index (χ4v) is 11.7. The number of hydrogen-bond donors (Lipinski definition) is 3. The second kappa shape index (κ2) is 24.9. The lowest BCUT2D eigenvalue weighted by Gasteiger charge is -2.67. The van der Waals surface area contributed by atoms with Crippen molar-refractivity contribution < 1.29 is 14.4 Å². The average Bonchev–Trinajstić information content (AvgIpc) is 3.14. The van der Waals surface area contributed by atoms with E-state index in [9.17, 15) is 14.4 Å². The van der Waals surface area contributed by atoms with Crippen LogP contribution in [0.3, 0.4) is 0 Å². The SMILES string of the molecule is CCCCCC(CCCCC)CC(=O)NCC12CC3CC(CNC(=O)CCCN(CC)CC)(C1)CC(CNC(=O)CC(CCCCC)CCCCC)(C3)C2. The summed E-state index contributed by atoms with van der Waals surface area (Å²) in [5, 5.41) is 10.5. The van der Waals surface area contributed by atoms with Crippen molar-refractivity contribution in [2.24, 2.45) is 34.0 Å². The molecule has 0 heterocycles. The molecule has 0 aromatic carbocycles. The molecule has 7 heteroatoms. The van der Waals surface area contributed by atoms with E-state index >= 15 is 0 Å². The van der Waals surface area contributed by atoms with E-state index < -0.39 is 0 Å². The van der Waals surface area contributed by atoms with Crippen molar-refractivity contribution in [3.63, 3.8) is 0 Å². The minimum absolute atomic E-state index is 0.0368. The Morgan fingerprint density at radius 2 is 0.870 bits per heavy atom. The molecule has 4 aliphatic carbocycles. The van der Waals surface area contributed by atoms with Gasteiger partial charge >= 0.3 is 0 Å². The van der Waals surface area contributed by atoms with Crippen LogP contribution in [0.25, 0.3) is 0 Å². The van der Waals surface area contributed by atoms with Crippen LogP contribution < -0.4 is 16.0 Å². The molecule has 0 aromatic heterocycles. The zero-order valence-corrected chi connectivity index (χ0v) is 36.5. The molecule has 4 saturated carbocycles. The molecule has 4 aliphatic rings. The van der Waals surface area contributed by atoms with Gasteiger partial charge in [-0.2, -0.15) is 0 Å². The molecular weight excluding hydrogens is 669 g/mol. The van der Waals surface area contributed by atoms with Crippen molar-refractivity contribution >= 4 is 17.7 Å². The number of nitrogens with one attached hydrogen (secondary N) is 3. The lowest BCUT2D eigenvalue weighted by atomic mass is 9.39. The molecule has 0 aromatic rings. The third-order valence-electron chi connectivity index (χ3n) is 14.0. The molecule has 2 unspecified atom stereocenters. The highest BCUT2D eigenvalue weighted by Crippen LogP contribution is 2.69. The molecule has 314 valence electrons. The molecule has 0 radical (unpaired) electrons. The molecule has 0 spiro atoms. The van der Waals surface area contributed by atoms with E-state index in [1.54, 1.807) is 0 Å². The van der Waals surface area contributed by atoms with Crippen molar-refractivity contribution in [3.05, 3.63) is 0 Å². The first kappa shape index (κ1) is 46.8. The third kappa shape index (κ3) is 16.1. The van der Waals surface area contributed by atoms with Gasteiger partial charge in [-0.05, 0) is 124 Å². The highest BCUT2D eigenvalue weighted by atomic mass is 16.2. The summed E-state index contributed by atoms with van der Waals surface area (Å²) in [4.78, 5) is 42.9. The molecule has 4 rings (SSSR count). The molecule has 3 N–H and O–H groups in total. The molecule has 4 fully saturated rings. The second-order valence-electron chi connectivity index (χ2n) is 19.1. The minimum atomic E-state index is 0.0368. The monoisotopic (exact) mass is 757 g/mol. The van der Waals surface area contributed by atoms with Crippen LogP contribution >= 0.6 is 0 Å². The van der Waals surface area contributed by atoms with Gasteiger partial charge in [-0.25, -0.2) is 0 Å². The van der Waals surface area contributed by atoms with Crippen LogP contribution in [0.1, 0.15) is 208 Å². The maximum absolute atomic E-state index is 13.7. The smallest absolute Gasteiger partial charge is 0.220 e. The molecule has 7 nitrogen and oxygen atoms in total. The van der Waals surface area contributed by atoms with Gasteiger partial charge in [0.05, 0.1) is 0 Å². The topological polar surface area (TPSA) is 90.5 Å². The maximum atomic E-state index is 13.7. The summed E-state index contributed by atoms with van der Waals surface area (Å²) in [6.45, 7) is 18.6. The fourth-order valence-electron chi connectivity index (χ4n) is 11.7. The normalized spacial score (nSPS) is 24.5. The molecule has 2 atom stereocenters. The molecule has 0 aliphatic heterocycles. The van der Waals surface area contributed by atoms with Crippen molar-refractivity contribution in [3.8, 4) is 0 Å². The van der Waals surface area contributed by atoms with E-state index in [1.165, 1.54) is 77.0 Å². The van der Waals surface area contributed by atoms with E-state index in [4.69, 9.17) is 0 Å². The molecule has 0 saturated heterocycles. The minimum Gasteiger partial charge on any atom is -0.356 e. The predicted molar refractivity (Wildman–Crippen MR) is 227 cm³/mol. The quantitative estimate of drug-likeness (QED) is 0.0596. The van der Waals surface area contributed by atoms with Gasteiger partial charge in [0.2, 0.25) is 17.7 Å². The Hall–Kier alpha value is -1.63. The van der Waals surface area contributed by atoms with Crippen LogP contribution in [-0.4, -0.2) is 61.9 Å². The zero-order valence-electron chi connectivity index (χ0n) is 36.5. The average molecular weight is 757 g/mol. The zero-order chi connectivity index (χ0) is 39.3. The van der Waals surface area contributed by atoms with Gasteiger partial charge in [0.1, 0.15) is 0 Å². The number of carbonyl (C=O) groups excluding carboxylic acids is 3. The molecule has 54 heavy (non-hydrogen) atoms. The Kier molecular flexibility index (Phi) is 21.5. The van der Waals surface area contributed by atoms with Gasteiger partial charge in [-0.15, -0.1) is 0 Å². The summed E-state index contributed by atoms with van der Waals surface area (Å²) in [6.07, 6.45) is 28.9. The highest BCUT2D eigenvalue weighted by Gasteiger charge is 2.63. The molecule has 4 bridgehead atoms. The van der Waals surface area contributed by atoms with Crippen molar-refractivity contribution in [1.82, 2.24) is 20.9 Å². The second-order valence-corrected chi connectivity index (χ2v) is 19.1. The third-order valence-corrected chi connectivity index (χ3v) is 14.0. The first-order valence-corrected chi connectivity index (χ1v) is 23.6. The summed E-state index contributed by atoms with van der Waals surface area (Å²) in [5.41, 5.74) is 0.112. The van der Waals surface area contributed by atoms with Gasteiger partial charge in [0.15, 0.2) is 0 Å². The Morgan fingerprint density at radius 3 is 1.20 bits per heavy atom. The van der Waals surface area contributed by atoms with E-state index in [2.05, 4.69) is 62.4 Å². The number of amides is 3. The Morgan fingerprint density at radius 1 is 0.519 bits per heavy atom. The van der Waals surface area contributed by atoms with Crippen LogP contribution in [0.4, 0.5) is 0 Å². The summed E-state index contributed by atoms with van der Waals surface area (Å²) in [5.74, 6) is 2.20. The first-order chi connectivity index (χ1) is 26.1. The number of rotatable bonds is 32. The fraction of sp³-hybridized carbons (Fsp3) is 0.936.